The third-order valence-electron chi connectivity index (χ3n) is 2.81. The van der Waals surface area contributed by atoms with E-state index in [1.807, 2.05) is 0 Å². The third-order valence-corrected chi connectivity index (χ3v) is 2.81. The van der Waals surface area contributed by atoms with Crippen LogP contribution in [-0.4, -0.2) is 29.0 Å². The Bertz CT molecular complexity index is 334. The summed E-state index contributed by atoms with van der Waals surface area (Å²) in [5.74, 6) is 0.486. The van der Waals surface area contributed by atoms with Crippen LogP contribution in [0, 0.1) is 0 Å². The molecule has 4 nitrogen and oxygen atoms in total. The first-order chi connectivity index (χ1) is 7.54. The van der Waals surface area contributed by atoms with E-state index in [2.05, 4.69) is 42.4 Å². The van der Waals surface area contributed by atoms with Gasteiger partial charge in [-0.2, -0.15) is 5.10 Å². The van der Waals surface area contributed by atoms with E-state index in [0.29, 0.717) is 5.92 Å². The van der Waals surface area contributed by atoms with Crippen LogP contribution in [0.15, 0.2) is 6.07 Å². The zero-order chi connectivity index (χ0) is 11.6. The van der Waals surface area contributed by atoms with E-state index >= 15 is 0 Å². The van der Waals surface area contributed by atoms with E-state index in [4.69, 9.17) is 4.74 Å². The van der Waals surface area contributed by atoms with Crippen molar-refractivity contribution in [1.82, 2.24) is 15.5 Å². The van der Waals surface area contributed by atoms with Crippen molar-refractivity contribution in [3.8, 4) is 0 Å². The first kappa shape index (κ1) is 11.6. The van der Waals surface area contributed by atoms with Gasteiger partial charge in [-0.15, -0.1) is 0 Å². The van der Waals surface area contributed by atoms with Crippen molar-refractivity contribution in [2.45, 2.75) is 45.2 Å². The quantitative estimate of drug-likeness (QED) is 0.821. The van der Waals surface area contributed by atoms with Gasteiger partial charge in [0, 0.05) is 30.3 Å². The molecule has 0 bridgehead atoms. The lowest BCUT2D eigenvalue weighted by molar-refractivity contribution is 0.193. The maximum absolute atomic E-state index is 5.37. The molecule has 4 heteroatoms. The molecule has 90 valence electrons. The fourth-order valence-electron chi connectivity index (χ4n) is 1.81. The van der Waals surface area contributed by atoms with Crippen LogP contribution >= 0.6 is 0 Å². The zero-order valence-corrected chi connectivity index (χ0v) is 10.3. The van der Waals surface area contributed by atoms with E-state index in [1.54, 1.807) is 0 Å². The molecule has 0 amide bonds. The molecule has 1 aromatic rings. The highest BCUT2D eigenvalue weighted by molar-refractivity contribution is 5.14. The van der Waals surface area contributed by atoms with Crippen molar-refractivity contribution in [1.29, 1.82) is 0 Å². The van der Waals surface area contributed by atoms with E-state index in [0.717, 1.165) is 37.6 Å². The van der Waals surface area contributed by atoms with Crippen LogP contribution < -0.4 is 5.32 Å². The molecule has 0 radical (unpaired) electrons. The Kier molecular flexibility index (Phi) is 3.30. The van der Waals surface area contributed by atoms with Crippen LogP contribution in [0.25, 0.3) is 0 Å². The molecule has 16 heavy (non-hydrogen) atoms. The van der Waals surface area contributed by atoms with Crippen LogP contribution in [0.1, 0.15) is 44.5 Å². The topological polar surface area (TPSA) is 49.9 Å². The van der Waals surface area contributed by atoms with Crippen molar-refractivity contribution in [3.05, 3.63) is 17.5 Å². The van der Waals surface area contributed by atoms with Gasteiger partial charge in [-0.1, -0.05) is 0 Å². The first-order valence-corrected chi connectivity index (χ1v) is 5.91. The molecule has 1 aliphatic rings. The Balaban J connectivity index is 1.91. The lowest BCUT2D eigenvalue weighted by Crippen LogP contribution is -2.35. The summed E-state index contributed by atoms with van der Waals surface area (Å²) in [5, 5.41) is 10.9. The second-order valence-corrected chi connectivity index (χ2v) is 5.48. The minimum Gasteiger partial charge on any atom is -0.381 e. The smallest absolute Gasteiger partial charge is 0.0680 e. The molecule has 1 unspecified atom stereocenters. The first-order valence-electron chi connectivity index (χ1n) is 5.91. The Labute approximate surface area is 96.8 Å². The molecule has 2 N–H and O–H groups in total. The molecule has 0 aromatic carbocycles. The van der Waals surface area contributed by atoms with E-state index in [9.17, 15) is 0 Å². The number of aromatic nitrogens is 2. The van der Waals surface area contributed by atoms with Crippen LogP contribution in [-0.2, 0) is 11.3 Å². The molecule has 1 fully saturated rings. The molecule has 1 atom stereocenters. The number of hydrogen-bond donors (Lipinski definition) is 2. The van der Waals surface area contributed by atoms with Crippen LogP contribution in [0.3, 0.4) is 0 Å². The highest BCUT2D eigenvalue weighted by Gasteiger charge is 2.20. The number of nitrogens with one attached hydrogen (secondary N) is 2. The number of hydrogen-bond acceptors (Lipinski definition) is 3. The van der Waals surface area contributed by atoms with Gasteiger partial charge in [0.05, 0.1) is 12.3 Å². The standard InChI is InChI=1S/C12H21N3O/c1-12(2,3)13-7-10-6-11(15-14-10)9-4-5-16-8-9/h6,9,13H,4-5,7-8H2,1-3H3,(H,14,15). The summed E-state index contributed by atoms with van der Waals surface area (Å²) < 4.78 is 5.37. The summed E-state index contributed by atoms with van der Waals surface area (Å²) in [7, 11) is 0. The number of nitrogens with zero attached hydrogens (tertiary/aromatic N) is 1. The summed E-state index contributed by atoms with van der Waals surface area (Å²) in [6, 6.07) is 2.15. The number of aromatic amines is 1. The second kappa shape index (κ2) is 4.55. The second-order valence-electron chi connectivity index (χ2n) is 5.48. The molecule has 1 aliphatic heterocycles. The van der Waals surface area contributed by atoms with Gasteiger partial charge >= 0.3 is 0 Å². The highest BCUT2D eigenvalue weighted by Crippen LogP contribution is 2.23. The zero-order valence-electron chi connectivity index (χ0n) is 10.3. The summed E-state index contributed by atoms with van der Waals surface area (Å²) in [4.78, 5) is 0. The molecule has 1 aromatic heterocycles. The predicted octanol–water partition coefficient (Wildman–Crippen LogP) is 1.80. The van der Waals surface area contributed by atoms with E-state index in [-0.39, 0.29) is 5.54 Å². The van der Waals surface area contributed by atoms with Gasteiger partial charge in [-0.25, -0.2) is 0 Å². The average molecular weight is 223 g/mol. The number of rotatable bonds is 3. The maximum atomic E-state index is 5.37. The van der Waals surface area contributed by atoms with Gasteiger partial charge in [0.25, 0.3) is 0 Å². The monoisotopic (exact) mass is 223 g/mol. The lowest BCUT2D eigenvalue weighted by Gasteiger charge is -2.19. The normalized spacial score (nSPS) is 21.6. The number of H-pyrrole nitrogens is 1. The molecule has 2 rings (SSSR count). The molecular weight excluding hydrogens is 202 g/mol. The largest absolute Gasteiger partial charge is 0.381 e. The van der Waals surface area contributed by atoms with Gasteiger partial charge in [-0.05, 0) is 33.3 Å². The lowest BCUT2D eigenvalue weighted by atomic mass is 10.0. The Hall–Kier alpha value is -0.870. The SMILES string of the molecule is CC(C)(C)NCc1cc(C2CCOC2)n[nH]1. The van der Waals surface area contributed by atoms with Crippen LogP contribution in [0.5, 0.6) is 0 Å². The number of ether oxygens (including phenoxy) is 1. The fourth-order valence-corrected chi connectivity index (χ4v) is 1.81. The van der Waals surface area contributed by atoms with Gasteiger partial charge in [0.15, 0.2) is 0 Å². The van der Waals surface area contributed by atoms with Gasteiger partial charge < -0.3 is 10.1 Å². The average Bonchev–Trinajstić information content (AvgIpc) is 2.84. The van der Waals surface area contributed by atoms with Gasteiger partial charge in [0.1, 0.15) is 0 Å². The molecule has 2 heterocycles. The minimum absolute atomic E-state index is 0.141. The van der Waals surface area contributed by atoms with Crippen molar-refractivity contribution >= 4 is 0 Å². The maximum Gasteiger partial charge on any atom is 0.0680 e. The molecule has 1 saturated heterocycles. The van der Waals surface area contributed by atoms with Crippen molar-refractivity contribution in [2.75, 3.05) is 13.2 Å². The minimum atomic E-state index is 0.141. The summed E-state index contributed by atoms with van der Waals surface area (Å²) >= 11 is 0. The molecule has 0 saturated carbocycles. The van der Waals surface area contributed by atoms with Crippen molar-refractivity contribution < 1.29 is 4.74 Å². The Morgan fingerprint density at radius 3 is 3.00 bits per heavy atom. The molecule has 0 aliphatic carbocycles. The van der Waals surface area contributed by atoms with Gasteiger partial charge in [-0.3, -0.25) is 5.10 Å². The van der Waals surface area contributed by atoms with Crippen LogP contribution in [0.2, 0.25) is 0 Å². The summed E-state index contributed by atoms with van der Waals surface area (Å²) in [6.45, 7) is 9.01. The Morgan fingerprint density at radius 1 is 1.56 bits per heavy atom. The third kappa shape index (κ3) is 3.06. The summed E-state index contributed by atoms with van der Waals surface area (Å²) in [5.41, 5.74) is 2.43. The van der Waals surface area contributed by atoms with Crippen molar-refractivity contribution in [2.24, 2.45) is 0 Å². The van der Waals surface area contributed by atoms with Crippen molar-refractivity contribution in [3.63, 3.8) is 0 Å². The fraction of sp³-hybridized carbons (Fsp3) is 0.750. The van der Waals surface area contributed by atoms with E-state index in [1.165, 1.54) is 0 Å². The predicted molar refractivity (Wildman–Crippen MR) is 63.4 cm³/mol. The Morgan fingerprint density at radius 2 is 2.38 bits per heavy atom. The summed E-state index contributed by atoms with van der Waals surface area (Å²) in [6.07, 6.45) is 1.09. The highest BCUT2D eigenvalue weighted by atomic mass is 16.5. The van der Waals surface area contributed by atoms with Crippen LogP contribution in [0.4, 0.5) is 0 Å². The van der Waals surface area contributed by atoms with E-state index < -0.39 is 0 Å². The molecule has 0 spiro atoms. The van der Waals surface area contributed by atoms with Gasteiger partial charge in [0.2, 0.25) is 0 Å². The molecular formula is C12H21N3O.